The zero-order valence-electron chi connectivity index (χ0n) is 8.53. The molecule has 6 heteroatoms. The van der Waals surface area contributed by atoms with E-state index in [2.05, 4.69) is 0 Å². The number of thiophene rings is 1. The standard InChI is InChI=1S/C11H7NO4S/c13-9(4-3-8-2-1-7-17-8)10-5-6-11(16-10)12(14)15/h1-7H/b4-3+. The maximum Gasteiger partial charge on any atom is 0.433 e. The van der Waals surface area contributed by atoms with Gasteiger partial charge < -0.3 is 4.42 Å². The van der Waals surface area contributed by atoms with Crippen LogP contribution in [0.15, 0.2) is 40.1 Å². The summed E-state index contributed by atoms with van der Waals surface area (Å²) in [5.74, 6) is -0.867. The van der Waals surface area contributed by atoms with Gasteiger partial charge in [-0.1, -0.05) is 6.07 Å². The summed E-state index contributed by atoms with van der Waals surface area (Å²) in [5.41, 5.74) is 0. The molecule has 0 aliphatic rings. The number of rotatable bonds is 4. The SMILES string of the molecule is O=C(/C=C/c1cccs1)c1ccc([N+](=O)[O-])o1. The highest BCUT2D eigenvalue weighted by Gasteiger charge is 2.15. The Kier molecular flexibility index (Phi) is 3.15. The molecule has 0 spiro atoms. The second-order valence-electron chi connectivity index (χ2n) is 3.11. The molecule has 0 bridgehead atoms. The Morgan fingerprint density at radius 3 is 2.82 bits per heavy atom. The van der Waals surface area contributed by atoms with Crippen LogP contribution in [0.4, 0.5) is 5.88 Å². The van der Waals surface area contributed by atoms with Crippen LogP contribution < -0.4 is 0 Å². The van der Waals surface area contributed by atoms with Crippen LogP contribution >= 0.6 is 11.3 Å². The molecule has 0 fully saturated rings. The highest BCUT2D eigenvalue weighted by molar-refractivity contribution is 7.10. The van der Waals surface area contributed by atoms with E-state index in [1.165, 1.54) is 23.5 Å². The summed E-state index contributed by atoms with van der Waals surface area (Å²) in [6, 6.07) is 6.18. The van der Waals surface area contributed by atoms with Crippen molar-refractivity contribution in [2.75, 3.05) is 0 Å². The number of carbonyl (C=O) groups excluding carboxylic acids is 1. The third kappa shape index (κ3) is 2.67. The maximum atomic E-state index is 11.6. The van der Waals surface area contributed by atoms with Gasteiger partial charge in [-0.3, -0.25) is 14.9 Å². The van der Waals surface area contributed by atoms with Crippen LogP contribution in [0.25, 0.3) is 6.08 Å². The lowest BCUT2D eigenvalue weighted by molar-refractivity contribution is -0.402. The van der Waals surface area contributed by atoms with Crippen molar-refractivity contribution >= 4 is 29.1 Å². The maximum absolute atomic E-state index is 11.6. The molecule has 0 atom stereocenters. The molecular formula is C11H7NO4S. The number of ketones is 1. The van der Waals surface area contributed by atoms with E-state index in [-0.39, 0.29) is 5.76 Å². The third-order valence-electron chi connectivity index (χ3n) is 1.96. The summed E-state index contributed by atoms with van der Waals surface area (Å²) in [4.78, 5) is 22.2. The van der Waals surface area contributed by atoms with Crippen molar-refractivity contribution in [1.29, 1.82) is 0 Å². The van der Waals surface area contributed by atoms with Crippen molar-refractivity contribution in [3.8, 4) is 0 Å². The van der Waals surface area contributed by atoms with Gasteiger partial charge in [0, 0.05) is 4.88 Å². The quantitative estimate of drug-likeness (QED) is 0.361. The molecule has 86 valence electrons. The number of hydrogen-bond donors (Lipinski definition) is 0. The summed E-state index contributed by atoms with van der Waals surface area (Å²) < 4.78 is 4.78. The van der Waals surface area contributed by atoms with Crippen LogP contribution in [0.5, 0.6) is 0 Å². The first-order valence-corrected chi connectivity index (χ1v) is 5.55. The van der Waals surface area contributed by atoms with Crippen LogP contribution in [0.1, 0.15) is 15.4 Å². The second-order valence-corrected chi connectivity index (χ2v) is 4.09. The van der Waals surface area contributed by atoms with Crippen LogP contribution in [0.2, 0.25) is 0 Å². The molecule has 5 nitrogen and oxygen atoms in total. The van der Waals surface area contributed by atoms with Gasteiger partial charge in [0.2, 0.25) is 5.78 Å². The molecule has 0 aliphatic heterocycles. The van der Waals surface area contributed by atoms with E-state index in [9.17, 15) is 14.9 Å². The number of allylic oxidation sites excluding steroid dienone is 1. The molecular weight excluding hydrogens is 242 g/mol. The summed E-state index contributed by atoms with van der Waals surface area (Å²) in [6.45, 7) is 0. The fourth-order valence-corrected chi connectivity index (χ4v) is 1.80. The lowest BCUT2D eigenvalue weighted by Gasteiger charge is -1.87. The Morgan fingerprint density at radius 2 is 2.24 bits per heavy atom. The minimum atomic E-state index is -0.681. The first-order chi connectivity index (χ1) is 8.16. The van der Waals surface area contributed by atoms with Crippen molar-refractivity contribution < 1.29 is 14.1 Å². The molecule has 0 saturated carbocycles. The van der Waals surface area contributed by atoms with Crippen LogP contribution in [0.3, 0.4) is 0 Å². The number of nitrogens with zero attached hydrogens (tertiary/aromatic N) is 1. The second kappa shape index (κ2) is 4.75. The summed E-state index contributed by atoms with van der Waals surface area (Å²) >= 11 is 1.49. The van der Waals surface area contributed by atoms with Gasteiger partial charge in [-0.2, -0.15) is 0 Å². The first kappa shape index (κ1) is 11.3. The Balaban J connectivity index is 2.12. The predicted molar refractivity (Wildman–Crippen MR) is 63.0 cm³/mol. The largest absolute Gasteiger partial charge is 0.433 e. The molecule has 2 rings (SSSR count). The minimum absolute atomic E-state index is 0.0375. The fraction of sp³-hybridized carbons (Fsp3) is 0. The van der Waals surface area contributed by atoms with Crippen LogP contribution in [0, 0.1) is 10.1 Å². The van der Waals surface area contributed by atoms with Gasteiger partial charge in [-0.25, -0.2) is 0 Å². The van der Waals surface area contributed by atoms with E-state index in [1.807, 2.05) is 17.5 Å². The molecule has 2 aromatic rings. The number of nitro groups is 1. The Morgan fingerprint density at radius 1 is 1.41 bits per heavy atom. The van der Waals surface area contributed by atoms with Crippen LogP contribution in [-0.2, 0) is 0 Å². The Hall–Kier alpha value is -2.21. The number of carbonyl (C=O) groups is 1. The highest BCUT2D eigenvalue weighted by Crippen LogP contribution is 2.17. The molecule has 2 aromatic heterocycles. The number of furan rings is 1. The topological polar surface area (TPSA) is 73.3 Å². The van der Waals surface area contributed by atoms with Crippen molar-refractivity contribution in [1.82, 2.24) is 0 Å². The first-order valence-electron chi connectivity index (χ1n) is 4.67. The zero-order valence-corrected chi connectivity index (χ0v) is 9.35. The van der Waals surface area contributed by atoms with Gasteiger partial charge in [0.15, 0.2) is 5.76 Å². The Labute approximate surface area is 100 Å². The average Bonchev–Trinajstić information content (AvgIpc) is 2.96. The van der Waals surface area contributed by atoms with Crippen molar-refractivity contribution in [2.24, 2.45) is 0 Å². The van der Waals surface area contributed by atoms with Crippen molar-refractivity contribution in [2.45, 2.75) is 0 Å². The summed E-state index contributed by atoms with van der Waals surface area (Å²) in [6.07, 6.45) is 2.97. The van der Waals surface area contributed by atoms with E-state index in [1.54, 1.807) is 6.08 Å². The zero-order chi connectivity index (χ0) is 12.3. The minimum Gasteiger partial charge on any atom is -0.397 e. The van der Waals surface area contributed by atoms with Gasteiger partial charge >= 0.3 is 5.88 Å². The lowest BCUT2D eigenvalue weighted by Crippen LogP contribution is -1.90. The molecule has 0 unspecified atom stereocenters. The van der Waals surface area contributed by atoms with E-state index in [0.29, 0.717) is 0 Å². The summed E-state index contributed by atoms with van der Waals surface area (Å²) in [7, 11) is 0. The molecule has 0 amide bonds. The van der Waals surface area contributed by atoms with Gasteiger partial charge in [-0.05, 0) is 29.7 Å². The Bertz CT molecular complexity index is 568. The van der Waals surface area contributed by atoms with Gasteiger partial charge in [0.05, 0.1) is 6.07 Å². The predicted octanol–water partition coefficient (Wildman–Crippen LogP) is 3.15. The normalized spacial score (nSPS) is 10.8. The highest BCUT2D eigenvalue weighted by atomic mass is 32.1. The average molecular weight is 249 g/mol. The molecule has 0 radical (unpaired) electrons. The van der Waals surface area contributed by atoms with E-state index >= 15 is 0 Å². The molecule has 2 heterocycles. The lowest BCUT2D eigenvalue weighted by atomic mass is 10.2. The molecule has 0 aliphatic carbocycles. The van der Waals surface area contributed by atoms with E-state index < -0.39 is 16.6 Å². The molecule has 0 saturated heterocycles. The monoisotopic (exact) mass is 249 g/mol. The molecule has 0 N–H and O–H groups in total. The van der Waals surface area contributed by atoms with Crippen molar-refractivity contribution in [3.05, 3.63) is 56.5 Å². The van der Waals surface area contributed by atoms with Gasteiger partial charge in [0.25, 0.3) is 0 Å². The van der Waals surface area contributed by atoms with Gasteiger partial charge in [0.1, 0.15) is 4.92 Å². The summed E-state index contributed by atoms with van der Waals surface area (Å²) in [5, 5.41) is 12.3. The number of hydrogen-bond acceptors (Lipinski definition) is 5. The van der Waals surface area contributed by atoms with Crippen molar-refractivity contribution in [3.63, 3.8) is 0 Å². The smallest absolute Gasteiger partial charge is 0.397 e. The fourth-order valence-electron chi connectivity index (χ4n) is 1.18. The van der Waals surface area contributed by atoms with Gasteiger partial charge in [-0.15, -0.1) is 11.3 Å². The molecule has 17 heavy (non-hydrogen) atoms. The van der Waals surface area contributed by atoms with Crippen LogP contribution in [-0.4, -0.2) is 10.7 Å². The third-order valence-corrected chi connectivity index (χ3v) is 2.79. The molecule has 0 aromatic carbocycles. The van der Waals surface area contributed by atoms with E-state index in [0.717, 1.165) is 10.9 Å². The van der Waals surface area contributed by atoms with E-state index in [4.69, 9.17) is 4.42 Å².